The number of benzene rings is 12. The number of rotatable bonds is 18. The second-order valence-electron chi connectivity index (χ2n) is 26.6. The first kappa shape index (κ1) is 106. The van der Waals surface area contributed by atoms with Crippen LogP contribution in [-0.4, -0.2) is 77.8 Å². The van der Waals surface area contributed by atoms with Crippen molar-refractivity contribution in [2.45, 2.75) is 67.9 Å². The molecular weight excluding hydrogens is 1820 g/mol. The Balaban J connectivity index is 0.00000363. The third kappa shape index (κ3) is 27.3. The SMILES string of the molecule is O=S(=O)(O)c1ccc(N=Nc2cc3c([O-])c(c2)Cc2cc(N=Nc4ccc(S(=O)(=O)O)cc4)cc(c2[O-])Cc2cc(N=Nc4ccc(S(=O)(=O)O)cc4)cc(c2[O-])Cc2cc(N=Nc4ccc(S(=O)(=O)O)cc4)cc(c2[O-])Cc2cc(N=Nc4ccc(S(=O)(=O)O)cc4)cc(c2[O-])Cc2cc(N=Nc4ccc(S(=O)(=O)O)cc4)cc(c2[O-])C3)cc1.[Na+].[Na+].[Na+].[Na+].[Na+].[Na+]. The number of hydrogen-bond acceptors (Lipinski definition) is 30. The summed E-state index contributed by atoms with van der Waals surface area (Å²) in [4.78, 5) is -3.05. The second-order valence-corrected chi connectivity index (χ2v) is 35.2. The van der Waals surface area contributed by atoms with E-state index in [0.717, 1.165) is 72.8 Å². The molecule has 12 aromatic rings. The van der Waals surface area contributed by atoms with Gasteiger partial charge in [-0.1, -0.05) is 0 Å². The van der Waals surface area contributed by atoms with E-state index in [4.69, 9.17) is 0 Å². The predicted molar refractivity (Wildman–Crippen MR) is 415 cm³/mol. The van der Waals surface area contributed by atoms with Crippen LogP contribution in [0, 0.1) is 0 Å². The number of azo groups is 6. The van der Waals surface area contributed by atoms with Crippen LogP contribution >= 0.6 is 0 Å². The Hall–Kier alpha value is -7.50. The van der Waals surface area contributed by atoms with E-state index in [1.165, 1.54) is 146 Å². The van der Waals surface area contributed by atoms with Crippen molar-refractivity contribution in [1.82, 2.24) is 0 Å². The Morgan fingerprint density at radius 3 is 0.341 bits per heavy atom. The third-order valence-corrected chi connectivity index (χ3v) is 23.4. The van der Waals surface area contributed by atoms with Gasteiger partial charge in [0, 0.05) is 0 Å². The molecule has 12 bridgehead atoms. The first-order valence-electron chi connectivity index (χ1n) is 34.5. The Bertz CT molecular complexity index is 5850. The second kappa shape index (κ2) is 43.9. The first-order valence-corrected chi connectivity index (χ1v) is 43.2. The van der Waals surface area contributed by atoms with Crippen molar-refractivity contribution in [1.29, 1.82) is 0 Å². The zero-order chi connectivity index (χ0) is 86.0. The van der Waals surface area contributed by atoms with Crippen molar-refractivity contribution in [2.24, 2.45) is 61.4 Å². The van der Waals surface area contributed by atoms with Crippen molar-refractivity contribution in [3.8, 4) is 34.5 Å². The molecule has 13 rings (SSSR count). The van der Waals surface area contributed by atoms with Crippen LogP contribution in [0.25, 0.3) is 0 Å². The molecule has 0 saturated carbocycles. The molecule has 0 amide bonds. The smallest absolute Gasteiger partial charge is 0.872 e. The van der Waals surface area contributed by atoms with Crippen molar-refractivity contribution < 1.29 is 286 Å². The van der Waals surface area contributed by atoms with E-state index in [-0.39, 0.29) is 312 Å². The summed E-state index contributed by atoms with van der Waals surface area (Å²) in [5.74, 6) is -5.03. The molecule has 0 saturated heterocycles. The Morgan fingerprint density at radius 2 is 0.254 bits per heavy atom. The average molecular weight is 1870 g/mol. The van der Waals surface area contributed by atoms with Crippen LogP contribution in [0.4, 0.5) is 68.2 Å². The van der Waals surface area contributed by atoms with E-state index in [2.05, 4.69) is 61.4 Å². The molecule has 0 aliphatic heterocycles. The number of hydrogen-bond donors (Lipinski definition) is 6. The molecule has 0 fully saturated rings. The minimum Gasteiger partial charge on any atom is -0.872 e. The Kier molecular flexibility index (Phi) is 36.8. The summed E-state index contributed by atoms with van der Waals surface area (Å²) in [6, 6.07) is 41.2. The van der Waals surface area contributed by atoms with E-state index in [0.29, 0.717) is 0 Å². The zero-order valence-corrected chi connectivity index (χ0v) is 83.8. The summed E-state index contributed by atoms with van der Waals surface area (Å²) in [5, 5.41) is 145. The molecule has 612 valence electrons. The molecule has 0 aromatic heterocycles. The Labute approximate surface area is 852 Å². The van der Waals surface area contributed by atoms with Gasteiger partial charge in [-0.25, -0.2) is 0 Å². The molecule has 0 atom stereocenters. The molecule has 0 unspecified atom stereocenters. The van der Waals surface area contributed by atoms with E-state index >= 15 is 30.6 Å². The number of nitrogens with zero attached hydrogens (tertiary/aromatic N) is 12. The van der Waals surface area contributed by atoms with Crippen LogP contribution in [0.2, 0.25) is 0 Å². The molecule has 12 aromatic carbocycles. The van der Waals surface area contributed by atoms with Gasteiger partial charge in [-0.15, -0.1) is 34.5 Å². The van der Waals surface area contributed by atoms with Gasteiger partial charge in [-0.3, -0.25) is 27.3 Å². The quantitative estimate of drug-likeness (QED) is 0.0271. The van der Waals surface area contributed by atoms with Crippen LogP contribution in [0.5, 0.6) is 34.5 Å². The topological polar surface area (TPSA) is 613 Å². The van der Waals surface area contributed by atoms with Gasteiger partial charge in [0.15, 0.2) is 0 Å². The summed E-state index contributed by atoms with van der Waals surface area (Å²) in [6.45, 7) is 0. The normalized spacial score (nSPS) is 12.8. The molecule has 126 heavy (non-hydrogen) atoms. The maximum Gasteiger partial charge on any atom is 1.00 e. The summed E-state index contributed by atoms with van der Waals surface area (Å²) in [5.41, 5.74) is -3.70. The monoisotopic (exact) mass is 1870 g/mol. The van der Waals surface area contributed by atoms with Gasteiger partial charge in [0.25, 0.3) is 60.7 Å². The standard InChI is InChI=1S/C78H60N12O24S6.6Na/c91-73-43-25-45-33-62(86-80-56-3-15-68(16-4-56)116(100,101)102)35-47(74(45)92)27-49-37-64(88-82-58-7-19-70(20-8-58)118(106,107)108)39-51(76(49)94)29-53-41-66(90-84-60-11-23-72(24-12-60)120(112,113)114)42-54(78(53)96)30-52-40-65(89-83-59-9-21-71(22-10-59)119(109,110)111)38-50(77(52)95)28-48-36-63(87-81-57-5-17-69(18-6-57)117(103,104)105)34-46(75(48)93)26-44(73)32-61(31-43)85-79-55-1-13-67(14-2-55)115(97,98)99;;;;;;/h1-24,31-42,91-96H,25-30H2,(H,97,98,99)(H,100,101,102)(H,103,104,105)(H,106,107,108)(H,109,110,111)(H,112,113,114);;;;;;/q;6*+1/p-6. The summed E-state index contributed by atoms with van der Waals surface area (Å²) < 4.78 is 203. The maximum absolute atomic E-state index is 15.5. The molecule has 0 spiro atoms. The fraction of sp³-hybridized carbons (Fsp3) is 0.0769. The van der Waals surface area contributed by atoms with Crippen LogP contribution in [0.3, 0.4) is 0 Å². The summed E-state index contributed by atoms with van der Waals surface area (Å²) in [6.07, 6.45) is -3.87. The minimum absolute atomic E-state index is 0. The fourth-order valence-electron chi connectivity index (χ4n) is 12.4. The first-order chi connectivity index (χ1) is 56.6. The minimum atomic E-state index is -4.70. The summed E-state index contributed by atoms with van der Waals surface area (Å²) in [7, 11) is -28.2. The molecule has 0 heterocycles. The van der Waals surface area contributed by atoms with Gasteiger partial charge in [0.05, 0.1) is 97.6 Å². The van der Waals surface area contributed by atoms with Crippen LogP contribution in [-0.2, 0) is 99.2 Å². The van der Waals surface area contributed by atoms with Crippen LogP contribution in [0.15, 0.2) is 309 Å². The van der Waals surface area contributed by atoms with E-state index in [1.807, 2.05) is 0 Å². The van der Waals surface area contributed by atoms with Crippen molar-refractivity contribution >= 4 is 129 Å². The van der Waals surface area contributed by atoms with E-state index < -0.39 is 163 Å². The number of fused-ring (bicyclic) bond motifs is 12. The van der Waals surface area contributed by atoms with Crippen LogP contribution < -0.4 is 208 Å². The van der Waals surface area contributed by atoms with Gasteiger partial charge in [-0.05, 0) is 324 Å². The molecular formula is C78H54N12Na6O24S6. The van der Waals surface area contributed by atoms with E-state index in [9.17, 15) is 77.8 Å². The van der Waals surface area contributed by atoms with Gasteiger partial charge in [0.2, 0.25) is 0 Å². The van der Waals surface area contributed by atoms with Crippen molar-refractivity contribution in [3.63, 3.8) is 0 Å². The van der Waals surface area contributed by atoms with Gasteiger partial charge in [-0.2, -0.15) is 112 Å². The van der Waals surface area contributed by atoms with Crippen molar-refractivity contribution in [2.75, 3.05) is 0 Å². The molecule has 1 aliphatic rings. The summed E-state index contributed by atoms with van der Waals surface area (Å²) >= 11 is 0. The van der Waals surface area contributed by atoms with Gasteiger partial charge < -0.3 is 30.6 Å². The zero-order valence-electron chi connectivity index (χ0n) is 66.9. The largest absolute Gasteiger partial charge is 1.00 e. The third-order valence-electron chi connectivity index (χ3n) is 18.1. The molecule has 36 nitrogen and oxygen atoms in total. The van der Waals surface area contributed by atoms with Gasteiger partial charge in [0.1, 0.15) is 0 Å². The molecule has 48 heteroatoms. The maximum atomic E-state index is 15.5. The van der Waals surface area contributed by atoms with Crippen LogP contribution in [0.1, 0.15) is 66.8 Å². The van der Waals surface area contributed by atoms with Gasteiger partial charge >= 0.3 is 177 Å². The Morgan fingerprint density at radius 1 is 0.167 bits per heavy atom. The van der Waals surface area contributed by atoms with E-state index in [1.54, 1.807) is 0 Å². The van der Waals surface area contributed by atoms with Crippen molar-refractivity contribution in [3.05, 3.63) is 285 Å². The predicted octanol–water partition coefficient (Wildman–Crippen LogP) is -4.02. The molecule has 6 N–H and O–H groups in total. The molecule has 0 radical (unpaired) electrons. The fourth-order valence-corrected chi connectivity index (χ4v) is 15.3. The molecule has 1 aliphatic carbocycles. The average Bonchev–Trinajstić information content (AvgIpc) is 0.792.